The number of hydrogen-bond donors (Lipinski definition) is 0. The lowest BCUT2D eigenvalue weighted by atomic mass is 10.2. The number of furan rings is 1. The van der Waals surface area contributed by atoms with Crippen molar-refractivity contribution < 1.29 is 13.7 Å². The van der Waals surface area contributed by atoms with E-state index in [1.54, 1.807) is 23.2 Å². The fourth-order valence-corrected chi connectivity index (χ4v) is 3.25. The molecular formula is C18H18BrN5O3. The van der Waals surface area contributed by atoms with Crippen molar-refractivity contribution >= 4 is 27.7 Å². The van der Waals surface area contributed by atoms with E-state index < -0.39 is 0 Å². The molecule has 1 fully saturated rings. The Morgan fingerprint density at radius 2 is 2.00 bits per heavy atom. The summed E-state index contributed by atoms with van der Waals surface area (Å²) in [6, 6.07) is 7.28. The first-order valence-corrected chi connectivity index (χ1v) is 9.52. The molecular weight excluding hydrogens is 414 g/mol. The summed E-state index contributed by atoms with van der Waals surface area (Å²) in [6.45, 7) is 4.62. The van der Waals surface area contributed by atoms with Gasteiger partial charge in [-0.1, -0.05) is 12.1 Å². The second-order valence-corrected chi connectivity index (χ2v) is 6.93. The highest BCUT2D eigenvalue weighted by atomic mass is 79.9. The molecule has 0 N–H and O–H groups in total. The smallest absolute Gasteiger partial charge is 0.289 e. The minimum atomic E-state index is -0.0903. The molecule has 1 amide bonds. The summed E-state index contributed by atoms with van der Waals surface area (Å²) in [5, 5.41) is 3.96. The molecule has 0 aromatic carbocycles. The Morgan fingerprint density at radius 3 is 2.59 bits per heavy atom. The van der Waals surface area contributed by atoms with Crippen LogP contribution in [-0.4, -0.2) is 52.1 Å². The monoisotopic (exact) mass is 431 g/mol. The van der Waals surface area contributed by atoms with Crippen LogP contribution in [0.2, 0.25) is 0 Å². The number of amides is 1. The summed E-state index contributed by atoms with van der Waals surface area (Å²) in [5.41, 5.74) is 0.819. The molecule has 140 valence electrons. The summed E-state index contributed by atoms with van der Waals surface area (Å²) >= 11 is 3.22. The number of carbonyl (C=O) groups excluding carboxylic acids is 1. The topological polar surface area (TPSA) is 88.5 Å². The summed E-state index contributed by atoms with van der Waals surface area (Å²) in [5.74, 6) is 2.28. The quantitative estimate of drug-likeness (QED) is 0.626. The number of halogens is 1. The van der Waals surface area contributed by atoms with E-state index in [0.717, 1.165) is 11.4 Å². The Morgan fingerprint density at radius 1 is 1.19 bits per heavy atom. The molecule has 1 saturated heterocycles. The van der Waals surface area contributed by atoms with Crippen LogP contribution in [0.4, 0.5) is 5.82 Å². The number of pyridine rings is 1. The van der Waals surface area contributed by atoms with Gasteiger partial charge in [-0.25, -0.2) is 4.98 Å². The highest BCUT2D eigenvalue weighted by Crippen LogP contribution is 2.21. The lowest BCUT2D eigenvalue weighted by Crippen LogP contribution is -2.49. The van der Waals surface area contributed by atoms with Crippen LogP contribution in [0.25, 0.3) is 11.4 Å². The molecule has 0 aliphatic carbocycles. The molecule has 0 atom stereocenters. The van der Waals surface area contributed by atoms with Crippen molar-refractivity contribution in [3.63, 3.8) is 0 Å². The van der Waals surface area contributed by atoms with Crippen LogP contribution in [0.1, 0.15) is 23.4 Å². The van der Waals surface area contributed by atoms with Crippen LogP contribution in [0, 0.1) is 0 Å². The molecule has 0 radical (unpaired) electrons. The molecule has 0 unspecified atom stereocenters. The zero-order valence-electron chi connectivity index (χ0n) is 14.8. The fraction of sp³-hybridized carbons (Fsp3) is 0.333. The maximum Gasteiger partial charge on any atom is 0.289 e. The van der Waals surface area contributed by atoms with Gasteiger partial charge < -0.3 is 18.7 Å². The molecule has 3 aromatic heterocycles. The van der Waals surface area contributed by atoms with E-state index >= 15 is 0 Å². The molecule has 27 heavy (non-hydrogen) atoms. The van der Waals surface area contributed by atoms with E-state index in [2.05, 4.69) is 36.0 Å². The van der Waals surface area contributed by atoms with Crippen molar-refractivity contribution in [2.45, 2.75) is 13.3 Å². The number of carbonyl (C=O) groups is 1. The molecule has 0 bridgehead atoms. The number of anilines is 1. The fourth-order valence-electron chi connectivity index (χ4n) is 2.94. The van der Waals surface area contributed by atoms with Crippen LogP contribution >= 0.6 is 15.9 Å². The first kappa shape index (κ1) is 17.7. The lowest BCUT2D eigenvalue weighted by molar-refractivity contribution is 0.0713. The van der Waals surface area contributed by atoms with E-state index in [1.807, 2.05) is 19.1 Å². The van der Waals surface area contributed by atoms with Crippen molar-refractivity contribution in [1.29, 1.82) is 0 Å². The molecule has 1 aliphatic heterocycles. The first-order valence-electron chi connectivity index (χ1n) is 8.72. The van der Waals surface area contributed by atoms with E-state index in [9.17, 15) is 4.79 Å². The molecule has 4 rings (SSSR count). The number of aromatic nitrogens is 3. The summed E-state index contributed by atoms with van der Waals surface area (Å²) in [4.78, 5) is 25.2. The maximum atomic E-state index is 12.4. The SMILES string of the molecule is CCc1nc(-c2ccc(N3CCN(C(=O)c4ccc(Br)o4)CC3)nc2)no1. The standard InChI is InChI=1S/C18H18BrN5O3/c1-2-16-21-17(22-27-16)12-3-6-15(20-11-12)23-7-9-24(10-8-23)18(25)13-4-5-14(19)26-13/h3-6,11H,2,7-10H2,1H3. The van der Waals surface area contributed by atoms with Crippen LogP contribution in [-0.2, 0) is 6.42 Å². The van der Waals surface area contributed by atoms with E-state index in [-0.39, 0.29) is 5.91 Å². The second-order valence-electron chi connectivity index (χ2n) is 6.15. The summed E-state index contributed by atoms with van der Waals surface area (Å²) < 4.78 is 11.1. The van der Waals surface area contributed by atoms with Gasteiger partial charge in [0.25, 0.3) is 5.91 Å². The van der Waals surface area contributed by atoms with Crippen LogP contribution in [0.15, 0.2) is 44.1 Å². The van der Waals surface area contributed by atoms with Crippen LogP contribution in [0.3, 0.4) is 0 Å². The van der Waals surface area contributed by atoms with Gasteiger partial charge in [-0.3, -0.25) is 4.79 Å². The molecule has 1 aliphatic rings. The van der Waals surface area contributed by atoms with Crippen molar-refractivity contribution in [2.24, 2.45) is 0 Å². The van der Waals surface area contributed by atoms with Crippen molar-refractivity contribution in [3.8, 4) is 11.4 Å². The maximum absolute atomic E-state index is 12.4. The van der Waals surface area contributed by atoms with Crippen molar-refractivity contribution in [2.75, 3.05) is 31.1 Å². The third-order valence-corrected chi connectivity index (χ3v) is 4.88. The molecule has 3 aromatic rings. The van der Waals surface area contributed by atoms with E-state index in [1.165, 1.54) is 0 Å². The summed E-state index contributed by atoms with van der Waals surface area (Å²) in [6.07, 6.45) is 2.45. The Kier molecular flexibility index (Phi) is 4.93. The number of piperazine rings is 1. The third kappa shape index (κ3) is 3.73. The van der Waals surface area contributed by atoms with Crippen LogP contribution < -0.4 is 4.90 Å². The van der Waals surface area contributed by atoms with E-state index in [4.69, 9.17) is 8.94 Å². The number of nitrogens with zero attached hydrogens (tertiary/aromatic N) is 5. The largest absolute Gasteiger partial charge is 0.444 e. The Hall–Kier alpha value is -2.68. The normalized spacial score (nSPS) is 14.6. The summed E-state index contributed by atoms with van der Waals surface area (Å²) in [7, 11) is 0. The number of aryl methyl sites for hydroxylation is 1. The van der Waals surface area contributed by atoms with Gasteiger partial charge >= 0.3 is 0 Å². The lowest BCUT2D eigenvalue weighted by Gasteiger charge is -2.35. The van der Waals surface area contributed by atoms with Gasteiger partial charge in [-0.15, -0.1) is 0 Å². The van der Waals surface area contributed by atoms with Gasteiger partial charge in [0, 0.05) is 44.4 Å². The average Bonchev–Trinajstić information content (AvgIpc) is 3.37. The highest BCUT2D eigenvalue weighted by molar-refractivity contribution is 9.10. The van der Waals surface area contributed by atoms with Gasteiger partial charge in [-0.05, 0) is 40.2 Å². The van der Waals surface area contributed by atoms with Gasteiger partial charge in [0.15, 0.2) is 10.4 Å². The van der Waals surface area contributed by atoms with Gasteiger partial charge in [0.1, 0.15) is 5.82 Å². The van der Waals surface area contributed by atoms with Gasteiger partial charge in [0.05, 0.1) is 0 Å². The van der Waals surface area contributed by atoms with Crippen LogP contribution in [0.5, 0.6) is 0 Å². The highest BCUT2D eigenvalue weighted by Gasteiger charge is 2.24. The predicted octanol–water partition coefficient (Wildman–Crippen LogP) is 3.01. The first-order chi connectivity index (χ1) is 13.1. The minimum Gasteiger partial charge on any atom is -0.444 e. The zero-order chi connectivity index (χ0) is 18.8. The van der Waals surface area contributed by atoms with Crippen molar-refractivity contribution in [1.82, 2.24) is 20.0 Å². The molecule has 0 spiro atoms. The van der Waals surface area contributed by atoms with Gasteiger partial charge in [0.2, 0.25) is 11.7 Å². The molecule has 4 heterocycles. The molecule has 0 saturated carbocycles. The Bertz CT molecular complexity index is 929. The van der Waals surface area contributed by atoms with Crippen molar-refractivity contribution in [3.05, 3.63) is 46.8 Å². The Balaban J connectivity index is 1.38. The second kappa shape index (κ2) is 7.51. The molecule has 9 heteroatoms. The average molecular weight is 432 g/mol. The third-order valence-electron chi connectivity index (χ3n) is 4.45. The zero-order valence-corrected chi connectivity index (χ0v) is 16.3. The number of hydrogen-bond acceptors (Lipinski definition) is 7. The predicted molar refractivity (Wildman–Crippen MR) is 101 cm³/mol. The van der Waals surface area contributed by atoms with E-state index in [0.29, 0.717) is 54.7 Å². The Labute approximate surface area is 164 Å². The minimum absolute atomic E-state index is 0.0903. The number of rotatable bonds is 4. The van der Waals surface area contributed by atoms with Gasteiger partial charge in [-0.2, -0.15) is 4.98 Å². The molecule has 8 nitrogen and oxygen atoms in total.